The molecule has 4 N–H and O–H groups in total. The van der Waals surface area contributed by atoms with Crippen molar-refractivity contribution < 1.29 is 9.53 Å². The van der Waals surface area contributed by atoms with E-state index < -0.39 is 0 Å². The Labute approximate surface area is 101 Å². The summed E-state index contributed by atoms with van der Waals surface area (Å²) < 4.78 is 5.12. The third-order valence-corrected chi connectivity index (χ3v) is 2.04. The molecule has 1 rings (SSSR count). The summed E-state index contributed by atoms with van der Waals surface area (Å²) in [5.74, 6) is 0.625. The first kappa shape index (κ1) is 13.1. The van der Waals surface area contributed by atoms with Gasteiger partial charge in [0, 0.05) is 13.1 Å². The highest BCUT2D eigenvalue weighted by Gasteiger charge is 2.04. The lowest BCUT2D eigenvalue weighted by atomic mass is 10.3. The molecule has 0 saturated carbocycles. The van der Waals surface area contributed by atoms with Gasteiger partial charge in [-0.25, -0.2) is 4.79 Å². The van der Waals surface area contributed by atoms with E-state index in [4.69, 9.17) is 10.5 Å². The number of para-hydroxylation sites is 2. The van der Waals surface area contributed by atoms with Gasteiger partial charge in [0.1, 0.15) is 5.75 Å². The zero-order valence-electron chi connectivity index (χ0n) is 9.77. The van der Waals surface area contributed by atoms with Crippen LogP contribution in [0.15, 0.2) is 36.4 Å². The zero-order valence-corrected chi connectivity index (χ0v) is 9.77. The number of methoxy groups -OCH3 is 1. The normalized spacial score (nSPS) is 10.2. The van der Waals surface area contributed by atoms with Crippen LogP contribution in [0.5, 0.6) is 5.75 Å². The fourth-order valence-corrected chi connectivity index (χ4v) is 1.25. The predicted molar refractivity (Wildman–Crippen MR) is 68.2 cm³/mol. The van der Waals surface area contributed by atoms with Gasteiger partial charge in [0.15, 0.2) is 0 Å². The first-order chi connectivity index (χ1) is 8.27. The van der Waals surface area contributed by atoms with E-state index in [1.807, 2.05) is 12.1 Å². The van der Waals surface area contributed by atoms with Crippen LogP contribution >= 0.6 is 0 Å². The lowest BCUT2D eigenvalue weighted by molar-refractivity contribution is 0.253. The molecule has 5 heteroatoms. The highest BCUT2D eigenvalue weighted by Crippen LogP contribution is 2.22. The van der Waals surface area contributed by atoms with E-state index in [1.54, 1.807) is 31.4 Å². The van der Waals surface area contributed by atoms with Crippen LogP contribution in [-0.2, 0) is 0 Å². The van der Waals surface area contributed by atoms with Crippen LogP contribution in [0.1, 0.15) is 0 Å². The molecule has 0 saturated heterocycles. The number of nitrogens with one attached hydrogen (secondary N) is 2. The monoisotopic (exact) mass is 235 g/mol. The van der Waals surface area contributed by atoms with E-state index in [2.05, 4.69) is 10.6 Å². The third kappa shape index (κ3) is 4.56. The SMILES string of the molecule is COc1ccccc1NC(=O)NC/C=C/CN. The van der Waals surface area contributed by atoms with E-state index in [9.17, 15) is 4.79 Å². The maximum absolute atomic E-state index is 11.5. The summed E-state index contributed by atoms with van der Waals surface area (Å²) in [6, 6.07) is 6.94. The smallest absolute Gasteiger partial charge is 0.319 e. The number of carbonyl (C=O) groups excluding carboxylic acids is 1. The van der Waals surface area contributed by atoms with E-state index in [0.29, 0.717) is 24.5 Å². The molecule has 0 aliphatic heterocycles. The third-order valence-electron chi connectivity index (χ3n) is 2.04. The van der Waals surface area contributed by atoms with E-state index >= 15 is 0 Å². The Hall–Kier alpha value is -2.01. The molecular weight excluding hydrogens is 218 g/mol. The summed E-state index contributed by atoms with van der Waals surface area (Å²) in [4.78, 5) is 11.5. The van der Waals surface area contributed by atoms with Gasteiger partial charge in [-0.1, -0.05) is 24.3 Å². The van der Waals surface area contributed by atoms with Gasteiger partial charge in [0.25, 0.3) is 0 Å². The standard InChI is InChI=1S/C12H17N3O2/c1-17-11-7-3-2-6-10(11)15-12(16)14-9-5-4-8-13/h2-7H,8-9,13H2,1H3,(H2,14,15,16)/b5-4+. The summed E-state index contributed by atoms with van der Waals surface area (Å²) >= 11 is 0. The Morgan fingerprint density at radius 2 is 2.18 bits per heavy atom. The second-order valence-electron chi connectivity index (χ2n) is 3.24. The second-order valence-corrected chi connectivity index (χ2v) is 3.24. The van der Waals surface area contributed by atoms with Crippen LogP contribution in [0.4, 0.5) is 10.5 Å². The Morgan fingerprint density at radius 3 is 2.88 bits per heavy atom. The molecule has 0 aliphatic rings. The topological polar surface area (TPSA) is 76.4 Å². The number of ether oxygens (including phenoxy) is 1. The van der Waals surface area contributed by atoms with Crippen molar-refractivity contribution in [3.05, 3.63) is 36.4 Å². The van der Waals surface area contributed by atoms with Crippen molar-refractivity contribution in [3.8, 4) is 5.75 Å². The quantitative estimate of drug-likeness (QED) is 0.674. The van der Waals surface area contributed by atoms with Gasteiger partial charge in [-0.05, 0) is 12.1 Å². The molecular formula is C12H17N3O2. The van der Waals surface area contributed by atoms with Crippen molar-refractivity contribution in [2.45, 2.75) is 0 Å². The number of nitrogens with two attached hydrogens (primary N) is 1. The molecule has 0 radical (unpaired) electrons. The molecule has 5 nitrogen and oxygen atoms in total. The van der Waals surface area contributed by atoms with Crippen molar-refractivity contribution in [2.24, 2.45) is 5.73 Å². The Morgan fingerprint density at radius 1 is 1.41 bits per heavy atom. The van der Waals surface area contributed by atoms with Crippen LogP contribution in [0.25, 0.3) is 0 Å². The number of hydrogen-bond acceptors (Lipinski definition) is 3. The van der Waals surface area contributed by atoms with Crippen molar-refractivity contribution in [1.29, 1.82) is 0 Å². The summed E-state index contributed by atoms with van der Waals surface area (Å²) in [5.41, 5.74) is 5.91. The van der Waals surface area contributed by atoms with Gasteiger partial charge in [0.2, 0.25) is 0 Å². The fraction of sp³-hybridized carbons (Fsp3) is 0.250. The van der Waals surface area contributed by atoms with Crippen LogP contribution < -0.4 is 21.1 Å². The van der Waals surface area contributed by atoms with Crippen molar-refractivity contribution in [2.75, 3.05) is 25.5 Å². The summed E-state index contributed by atoms with van der Waals surface area (Å²) in [5, 5.41) is 5.37. The van der Waals surface area contributed by atoms with Crippen LogP contribution in [-0.4, -0.2) is 26.2 Å². The van der Waals surface area contributed by atoms with E-state index in [1.165, 1.54) is 0 Å². The highest BCUT2D eigenvalue weighted by molar-refractivity contribution is 5.90. The predicted octanol–water partition coefficient (Wildman–Crippen LogP) is 1.33. The van der Waals surface area contributed by atoms with Gasteiger partial charge in [-0.2, -0.15) is 0 Å². The fourth-order valence-electron chi connectivity index (χ4n) is 1.25. The van der Waals surface area contributed by atoms with Crippen LogP contribution in [0.2, 0.25) is 0 Å². The molecule has 0 aliphatic carbocycles. The maximum atomic E-state index is 11.5. The lowest BCUT2D eigenvalue weighted by Crippen LogP contribution is -2.28. The first-order valence-corrected chi connectivity index (χ1v) is 5.31. The molecule has 1 aromatic rings. The number of carbonyl (C=O) groups is 1. The molecule has 0 bridgehead atoms. The molecule has 0 heterocycles. The second kappa shape index (κ2) is 7.29. The molecule has 0 spiro atoms. The van der Waals surface area contributed by atoms with Gasteiger partial charge >= 0.3 is 6.03 Å². The molecule has 0 unspecified atom stereocenters. The number of rotatable bonds is 5. The molecule has 0 aromatic heterocycles. The Balaban J connectivity index is 2.47. The minimum absolute atomic E-state index is 0.281. The minimum Gasteiger partial charge on any atom is -0.495 e. The molecule has 2 amide bonds. The molecule has 0 fully saturated rings. The molecule has 1 aromatic carbocycles. The summed E-state index contributed by atoms with van der Waals surface area (Å²) in [6.07, 6.45) is 3.57. The van der Waals surface area contributed by atoms with Gasteiger partial charge in [-0.15, -0.1) is 0 Å². The number of hydrogen-bond donors (Lipinski definition) is 3. The van der Waals surface area contributed by atoms with Crippen molar-refractivity contribution >= 4 is 11.7 Å². The first-order valence-electron chi connectivity index (χ1n) is 5.31. The maximum Gasteiger partial charge on any atom is 0.319 e. The number of amides is 2. The number of anilines is 1. The minimum atomic E-state index is -0.281. The Bertz CT molecular complexity index is 391. The van der Waals surface area contributed by atoms with Crippen LogP contribution in [0, 0.1) is 0 Å². The molecule has 0 atom stereocenters. The van der Waals surface area contributed by atoms with Gasteiger partial charge in [0.05, 0.1) is 12.8 Å². The summed E-state index contributed by atoms with van der Waals surface area (Å²) in [7, 11) is 1.56. The molecule has 92 valence electrons. The van der Waals surface area contributed by atoms with Crippen molar-refractivity contribution in [1.82, 2.24) is 5.32 Å². The number of urea groups is 1. The highest BCUT2D eigenvalue weighted by atomic mass is 16.5. The van der Waals surface area contributed by atoms with Crippen molar-refractivity contribution in [3.63, 3.8) is 0 Å². The summed E-state index contributed by atoms with van der Waals surface area (Å²) in [6.45, 7) is 0.911. The average Bonchev–Trinajstić information content (AvgIpc) is 2.35. The van der Waals surface area contributed by atoms with Gasteiger partial charge in [-0.3, -0.25) is 0 Å². The zero-order chi connectivity index (χ0) is 12.5. The van der Waals surface area contributed by atoms with E-state index in [0.717, 1.165) is 0 Å². The van der Waals surface area contributed by atoms with E-state index in [-0.39, 0.29) is 6.03 Å². The average molecular weight is 235 g/mol. The number of benzene rings is 1. The van der Waals surface area contributed by atoms with Gasteiger partial charge < -0.3 is 21.1 Å². The lowest BCUT2D eigenvalue weighted by Gasteiger charge is -2.09. The van der Waals surface area contributed by atoms with Crippen LogP contribution in [0.3, 0.4) is 0 Å². The Kier molecular flexibility index (Phi) is 5.60. The molecule has 17 heavy (non-hydrogen) atoms. The largest absolute Gasteiger partial charge is 0.495 e.